The topological polar surface area (TPSA) is 72.5 Å². The van der Waals surface area contributed by atoms with E-state index >= 15 is 0 Å². The van der Waals surface area contributed by atoms with Gasteiger partial charge in [-0.25, -0.2) is 8.42 Å². The summed E-state index contributed by atoms with van der Waals surface area (Å²) in [5, 5.41) is 4.13. The second-order valence-corrected chi connectivity index (χ2v) is 8.07. The lowest BCUT2D eigenvalue weighted by Gasteiger charge is -2.04. The molecule has 0 aromatic carbocycles. The van der Waals surface area contributed by atoms with Gasteiger partial charge in [-0.2, -0.15) is 0 Å². The zero-order chi connectivity index (χ0) is 13.9. The number of nitrogens with one attached hydrogen (secondary N) is 1. The predicted molar refractivity (Wildman–Crippen MR) is 73.2 cm³/mol. The fourth-order valence-corrected chi connectivity index (χ4v) is 3.38. The van der Waals surface area contributed by atoms with Crippen LogP contribution in [0.3, 0.4) is 0 Å². The summed E-state index contributed by atoms with van der Waals surface area (Å²) in [6.45, 7) is 1.63. The molecule has 1 fully saturated rings. The molecule has 0 saturated heterocycles. The van der Waals surface area contributed by atoms with Crippen LogP contribution in [0, 0.1) is 5.92 Å². The third-order valence-corrected chi connectivity index (χ3v) is 5.70. The molecular weight excluding hydrogens is 310 g/mol. The number of hydrogen-bond donors (Lipinski definition) is 1. The summed E-state index contributed by atoms with van der Waals surface area (Å²) >= 11 is 0.929. The van der Waals surface area contributed by atoms with Gasteiger partial charge in [-0.05, 0) is 24.8 Å². The average molecular weight is 324 g/mol. The van der Waals surface area contributed by atoms with Gasteiger partial charge in [0.25, 0.3) is 15.0 Å². The first-order valence-electron chi connectivity index (χ1n) is 5.86. The highest BCUT2D eigenvalue weighted by Gasteiger charge is 2.21. The molecule has 1 aromatic heterocycles. The Bertz CT molecular complexity index is 551. The minimum Gasteiger partial charge on any atom is -0.379 e. The van der Waals surface area contributed by atoms with Gasteiger partial charge in [0, 0.05) is 29.2 Å². The Balaban J connectivity index is 1.74. The Morgan fingerprint density at radius 1 is 1.53 bits per heavy atom. The number of amides is 1. The van der Waals surface area contributed by atoms with E-state index < -0.39 is 9.05 Å². The van der Waals surface area contributed by atoms with Crippen molar-refractivity contribution in [2.75, 3.05) is 19.8 Å². The molecule has 19 heavy (non-hydrogen) atoms. The molecule has 1 aliphatic rings. The SMILES string of the molecule is O=C(NCCOCC1CC1)c1csc(S(=O)(=O)Cl)c1. The first-order valence-corrected chi connectivity index (χ1v) is 9.05. The maximum Gasteiger partial charge on any atom is 0.270 e. The zero-order valence-corrected chi connectivity index (χ0v) is 12.5. The van der Waals surface area contributed by atoms with Gasteiger partial charge in [-0.3, -0.25) is 4.79 Å². The fourth-order valence-electron chi connectivity index (χ4n) is 1.44. The van der Waals surface area contributed by atoms with Gasteiger partial charge in [-0.1, -0.05) is 0 Å². The summed E-state index contributed by atoms with van der Waals surface area (Å²) < 4.78 is 27.5. The van der Waals surface area contributed by atoms with Crippen molar-refractivity contribution >= 4 is 37.0 Å². The number of carbonyl (C=O) groups is 1. The van der Waals surface area contributed by atoms with E-state index in [-0.39, 0.29) is 10.1 Å². The zero-order valence-electron chi connectivity index (χ0n) is 10.1. The van der Waals surface area contributed by atoms with E-state index in [4.69, 9.17) is 15.4 Å². The molecule has 8 heteroatoms. The molecule has 5 nitrogen and oxygen atoms in total. The second kappa shape index (κ2) is 6.21. The molecule has 106 valence electrons. The predicted octanol–water partition coefficient (Wildman–Crippen LogP) is 1.83. The first kappa shape index (κ1) is 14.8. The molecule has 1 aromatic rings. The second-order valence-electron chi connectivity index (χ2n) is 4.37. The maximum atomic E-state index is 11.7. The third kappa shape index (κ3) is 4.76. The molecule has 0 spiro atoms. The monoisotopic (exact) mass is 323 g/mol. The van der Waals surface area contributed by atoms with Gasteiger partial charge in [-0.15, -0.1) is 11.3 Å². The quantitative estimate of drug-likeness (QED) is 0.614. The standard InChI is InChI=1S/C11H14ClNO4S2/c12-19(15,16)10-5-9(7-18-10)11(14)13-3-4-17-6-8-1-2-8/h5,7-8H,1-4,6H2,(H,13,14). The Labute approximate surface area is 120 Å². The van der Waals surface area contributed by atoms with E-state index in [2.05, 4.69) is 5.32 Å². The molecule has 1 N–H and O–H groups in total. The van der Waals surface area contributed by atoms with Crippen LogP contribution in [0.25, 0.3) is 0 Å². The average Bonchev–Trinajstić information content (AvgIpc) is 3.00. The minimum atomic E-state index is -3.76. The maximum absolute atomic E-state index is 11.7. The lowest BCUT2D eigenvalue weighted by atomic mass is 10.3. The molecular formula is C11H14ClNO4S2. The van der Waals surface area contributed by atoms with Crippen LogP contribution >= 0.6 is 22.0 Å². The summed E-state index contributed by atoms with van der Waals surface area (Å²) in [4.78, 5) is 11.7. The summed E-state index contributed by atoms with van der Waals surface area (Å²) in [6.07, 6.45) is 2.47. The number of carbonyl (C=O) groups excluding carboxylic acids is 1. The largest absolute Gasteiger partial charge is 0.379 e. The Hall–Kier alpha value is -0.630. The van der Waals surface area contributed by atoms with Crippen molar-refractivity contribution in [2.24, 2.45) is 5.92 Å². The van der Waals surface area contributed by atoms with E-state index in [0.29, 0.717) is 24.6 Å². The van der Waals surface area contributed by atoms with Crippen molar-refractivity contribution in [3.63, 3.8) is 0 Å². The van der Waals surface area contributed by atoms with Crippen LogP contribution in [0.5, 0.6) is 0 Å². The minimum absolute atomic E-state index is 0.0238. The van der Waals surface area contributed by atoms with Crippen LogP contribution in [0.15, 0.2) is 15.7 Å². The summed E-state index contributed by atoms with van der Waals surface area (Å²) in [7, 11) is 1.43. The molecule has 0 bridgehead atoms. The van der Waals surface area contributed by atoms with Crippen LogP contribution in [0.4, 0.5) is 0 Å². The molecule has 1 aliphatic carbocycles. The van der Waals surface area contributed by atoms with Crippen LogP contribution in [-0.4, -0.2) is 34.1 Å². The Morgan fingerprint density at radius 2 is 2.26 bits per heavy atom. The van der Waals surface area contributed by atoms with E-state index in [1.165, 1.54) is 24.3 Å². The van der Waals surface area contributed by atoms with Gasteiger partial charge < -0.3 is 10.1 Å². The molecule has 1 saturated carbocycles. The number of halogens is 1. The lowest BCUT2D eigenvalue weighted by Crippen LogP contribution is -2.27. The fraction of sp³-hybridized carbons (Fsp3) is 0.545. The van der Waals surface area contributed by atoms with E-state index in [1.54, 1.807) is 0 Å². The lowest BCUT2D eigenvalue weighted by molar-refractivity contribution is 0.0907. The van der Waals surface area contributed by atoms with Crippen molar-refractivity contribution < 1.29 is 17.9 Å². The van der Waals surface area contributed by atoms with Crippen LogP contribution in [-0.2, 0) is 13.8 Å². The van der Waals surface area contributed by atoms with Crippen molar-refractivity contribution in [1.82, 2.24) is 5.32 Å². The summed E-state index contributed by atoms with van der Waals surface area (Å²) in [5.41, 5.74) is 0.298. The van der Waals surface area contributed by atoms with Crippen LogP contribution < -0.4 is 5.32 Å². The van der Waals surface area contributed by atoms with Crippen molar-refractivity contribution in [3.05, 3.63) is 17.0 Å². The summed E-state index contributed by atoms with van der Waals surface area (Å²) in [6, 6.07) is 1.27. The molecule has 0 unspecified atom stereocenters. The highest BCUT2D eigenvalue weighted by molar-refractivity contribution is 8.15. The Kier molecular flexibility index (Phi) is 4.83. The van der Waals surface area contributed by atoms with Crippen molar-refractivity contribution in [3.8, 4) is 0 Å². The molecule has 0 atom stereocenters. The molecule has 1 amide bonds. The highest BCUT2D eigenvalue weighted by atomic mass is 35.7. The first-order chi connectivity index (χ1) is 8.97. The van der Waals surface area contributed by atoms with Gasteiger partial charge in [0.1, 0.15) is 4.21 Å². The highest BCUT2D eigenvalue weighted by Crippen LogP contribution is 2.28. The van der Waals surface area contributed by atoms with Gasteiger partial charge in [0.15, 0.2) is 0 Å². The van der Waals surface area contributed by atoms with E-state index in [0.717, 1.165) is 17.9 Å². The number of hydrogen-bond acceptors (Lipinski definition) is 5. The number of thiophene rings is 1. The molecule has 0 radical (unpaired) electrons. The van der Waals surface area contributed by atoms with E-state index in [9.17, 15) is 13.2 Å². The summed E-state index contributed by atoms with van der Waals surface area (Å²) in [5.74, 6) is 0.377. The van der Waals surface area contributed by atoms with Gasteiger partial charge in [0.2, 0.25) is 0 Å². The van der Waals surface area contributed by atoms with Crippen molar-refractivity contribution in [1.29, 1.82) is 0 Å². The van der Waals surface area contributed by atoms with Crippen LogP contribution in [0.1, 0.15) is 23.2 Å². The van der Waals surface area contributed by atoms with Gasteiger partial charge in [0.05, 0.1) is 12.2 Å². The Morgan fingerprint density at radius 3 is 2.84 bits per heavy atom. The third-order valence-electron chi connectivity index (χ3n) is 2.66. The smallest absolute Gasteiger partial charge is 0.270 e. The van der Waals surface area contributed by atoms with Gasteiger partial charge >= 0.3 is 0 Å². The number of rotatable bonds is 7. The van der Waals surface area contributed by atoms with E-state index in [1.807, 2.05) is 0 Å². The molecule has 1 heterocycles. The molecule has 0 aliphatic heterocycles. The van der Waals surface area contributed by atoms with Crippen molar-refractivity contribution in [2.45, 2.75) is 17.1 Å². The van der Waals surface area contributed by atoms with Crippen LogP contribution in [0.2, 0.25) is 0 Å². The number of ether oxygens (including phenoxy) is 1. The molecule has 2 rings (SSSR count). The normalized spacial score (nSPS) is 15.4.